The Morgan fingerprint density at radius 1 is 0.909 bits per heavy atom. The molecule has 111 valence electrons. The smallest absolute Gasteiger partial charge is 0.0160 e. The predicted octanol–water partition coefficient (Wildman–Crippen LogP) is 4.85. The molecule has 1 radical (unpaired) electrons. The fraction of sp³-hybridized carbons (Fsp3) is 0.150. The molecule has 0 saturated heterocycles. The molecule has 1 aromatic heterocycles. The van der Waals surface area contributed by atoms with Gasteiger partial charge in [0.05, 0.1) is 0 Å². The van der Waals surface area contributed by atoms with E-state index in [0.29, 0.717) is 0 Å². The zero-order chi connectivity index (χ0) is 14.4. The first kappa shape index (κ1) is 15.1. The SMILES string of the molecule is CC1(C)c2ccccc2-c2cc[c-]c(-c3ccccn3)c21.[Ir]. The molecule has 0 atom stereocenters. The van der Waals surface area contributed by atoms with E-state index >= 15 is 0 Å². The molecular weight excluding hydrogens is 446 g/mol. The number of nitrogens with zero attached hydrogens (tertiary/aromatic N) is 1. The van der Waals surface area contributed by atoms with Gasteiger partial charge in [0.15, 0.2) is 0 Å². The summed E-state index contributed by atoms with van der Waals surface area (Å²) in [5.41, 5.74) is 7.47. The summed E-state index contributed by atoms with van der Waals surface area (Å²) in [7, 11) is 0. The van der Waals surface area contributed by atoms with Gasteiger partial charge in [-0.2, -0.15) is 0 Å². The first-order chi connectivity index (χ1) is 10.2. The molecule has 2 aromatic carbocycles. The van der Waals surface area contributed by atoms with Crippen LogP contribution in [0.15, 0.2) is 60.8 Å². The Labute approximate surface area is 144 Å². The molecule has 0 N–H and O–H groups in total. The van der Waals surface area contributed by atoms with Crippen molar-refractivity contribution in [2.45, 2.75) is 19.3 Å². The molecule has 0 bridgehead atoms. The first-order valence-electron chi connectivity index (χ1n) is 7.26. The predicted molar refractivity (Wildman–Crippen MR) is 86.1 cm³/mol. The summed E-state index contributed by atoms with van der Waals surface area (Å²) in [5.74, 6) is 0. The molecule has 0 saturated carbocycles. The summed E-state index contributed by atoms with van der Waals surface area (Å²) in [5, 5.41) is 0. The van der Waals surface area contributed by atoms with Gasteiger partial charge in [0, 0.05) is 26.3 Å². The molecule has 0 unspecified atom stereocenters. The van der Waals surface area contributed by atoms with Crippen LogP contribution in [0.2, 0.25) is 0 Å². The Morgan fingerprint density at radius 3 is 2.45 bits per heavy atom. The van der Waals surface area contributed by atoms with Crippen LogP contribution in [0, 0.1) is 6.07 Å². The van der Waals surface area contributed by atoms with E-state index in [-0.39, 0.29) is 25.5 Å². The van der Waals surface area contributed by atoms with E-state index in [1.165, 1.54) is 22.3 Å². The maximum absolute atomic E-state index is 4.52. The maximum atomic E-state index is 4.52. The Hall–Kier alpha value is -1.76. The van der Waals surface area contributed by atoms with Gasteiger partial charge in [-0.25, -0.2) is 0 Å². The second-order valence-electron chi connectivity index (χ2n) is 6.03. The van der Waals surface area contributed by atoms with Gasteiger partial charge in [0.1, 0.15) is 0 Å². The van der Waals surface area contributed by atoms with E-state index in [1.807, 2.05) is 24.4 Å². The monoisotopic (exact) mass is 463 g/mol. The normalized spacial score (nSPS) is 13.9. The van der Waals surface area contributed by atoms with Crippen molar-refractivity contribution >= 4 is 0 Å². The van der Waals surface area contributed by atoms with Crippen molar-refractivity contribution in [3.63, 3.8) is 0 Å². The zero-order valence-electron chi connectivity index (χ0n) is 12.6. The quantitative estimate of drug-likeness (QED) is 0.471. The maximum Gasteiger partial charge on any atom is 0.0160 e. The average Bonchev–Trinajstić information content (AvgIpc) is 2.77. The third-order valence-electron chi connectivity index (χ3n) is 4.43. The van der Waals surface area contributed by atoms with Crippen molar-refractivity contribution in [1.29, 1.82) is 0 Å². The van der Waals surface area contributed by atoms with Gasteiger partial charge in [-0.15, -0.1) is 29.3 Å². The molecule has 1 aliphatic carbocycles. The van der Waals surface area contributed by atoms with Crippen molar-refractivity contribution in [2.24, 2.45) is 0 Å². The first-order valence-corrected chi connectivity index (χ1v) is 7.26. The van der Waals surface area contributed by atoms with Crippen LogP contribution in [0.1, 0.15) is 25.0 Å². The van der Waals surface area contributed by atoms with Gasteiger partial charge in [-0.1, -0.05) is 55.8 Å². The summed E-state index contributed by atoms with van der Waals surface area (Å²) in [6.45, 7) is 4.58. The van der Waals surface area contributed by atoms with E-state index in [2.05, 4.69) is 61.3 Å². The van der Waals surface area contributed by atoms with Crippen molar-refractivity contribution < 1.29 is 20.1 Å². The van der Waals surface area contributed by atoms with Crippen LogP contribution < -0.4 is 0 Å². The average molecular weight is 463 g/mol. The van der Waals surface area contributed by atoms with Crippen LogP contribution in [0.3, 0.4) is 0 Å². The van der Waals surface area contributed by atoms with Gasteiger partial charge < -0.3 is 4.98 Å². The van der Waals surface area contributed by atoms with E-state index in [9.17, 15) is 0 Å². The van der Waals surface area contributed by atoms with E-state index in [4.69, 9.17) is 0 Å². The number of benzene rings is 2. The Balaban J connectivity index is 0.00000144. The zero-order valence-corrected chi connectivity index (χ0v) is 14.9. The van der Waals surface area contributed by atoms with Crippen LogP contribution in [0.25, 0.3) is 22.4 Å². The molecule has 4 rings (SSSR count). The minimum Gasteiger partial charge on any atom is -0.305 e. The summed E-state index contributed by atoms with van der Waals surface area (Å²) in [6.07, 6.45) is 1.84. The molecule has 1 aliphatic rings. The van der Waals surface area contributed by atoms with Crippen molar-refractivity contribution in [3.8, 4) is 22.4 Å². The second kappa shape index (κ2) is 5.46. The number of rotatable bonds is 1. The summed E-state index contributed by atoms with van der Waals surface area (Å²) < 4.78 is 0. The van der Waals surface area contributed by atoms with Gasteiger partial charge in [-0.3, -0.25) is 0 Å². The number of aromatic nitrogens is 1. The summed E-state index contributed by atoms with van der Waals surface area (Å²) in [4.78, 5) is 4.52. The molecule has 22 heavy (non-hydrogen) atoms. The Morgan fingerprint density at radius 2 is 1.68 bits per heavy atom. The number of fused-ring (bicyclic) bond motifs is 3. The van der Waals surface area contributed by atoms with Crippen LogP contribution >= 0.6 is 0 Å². The van der Waals surface area contributed by atoms with Crippen LogP contribution in [0.5, 0.6) is 0 Å². The third kappa shape index (κ3) is 2.06. The molecule has 1 nitrogen and oxygen atoms in total. The fourth-order valence-corrected chi connectivity index (χ4v) is 3.48. The molecular formula is C20H16IrN-. The summed E-state index contributed by atoms with van der Waals surface area (Å²) in [6, 6.07) is 22.3. The van der Waals surface area contributed by atoms with Gasteiger partial charge in [0.25, 0.3) is 0 Å². The molecule has 0 spiro atoms. The molecule has 3 aromatic rings. The molecule has 1 heterocycles. The Kier molecular flexibility index (Phi) is 3.76. The van der Waals surface area contributed by atoms with Crippen molar-refractivity contribution in [3.05, 3.63) is 78.0 Å². The summed E-state index contributed by atoms with van der Waals surface area (Å²) >= 11 is 0. The van der Waals surface area contributed by atoms with Crippen LogP contribution in [-0.4, -0.2) is 4.98 Å². The molecule has 2 heteroatoms. The van der Waals surface area contributed by atoms with Crippen molar-refractivity contribution in [1.82, 2.24) is 4.98 Å². The molecule has 0 aliphatic heterocycles. The second-order valence-corrected chi connectivity index (χ2v) is 6.03. The van der Waals surface area contributed by atoms with Gasteiger partial charge in [-0.05, 0) is 28.3 Å². The van der Waals surface area contributed by atoms with Gasteiger partial charge in [0.2, 0.25) is 0 Å². The van der Waals surface area contributed by atoms with Crippen LogP contribution in [-0.2, 0) is 25.5 Å². The minimum absolute atomic E-state index is 0. The van der Waals surface area contributed by atoms with Crippen LogP contribution in [0.4, 0.5) is 0 Å². The van der Waals surface area contributed by atoms with Gasteiger partial charge >= 0.3 is 0 Å². The number of hydrogen-bond acceptors (Lipinski definition) is 1. The molecule has 0 fully saturated rings. The van der Waals surface area contributed by atoms with Crippen molar-refractivity contribution in [2.75, 3.05) is 0 Å². The third-order valence-corrected chi connectivity index (χ3v) is 4.43. The fourth-order valence-electron chi connectivity index (χ4n) is 3.48. The standard InChI is InChI=1S/C20H16N.Ir/c1-20(2)17-11-4-3-8-14(17)15-9-7-10-16(19(15)20)18-12-5-6-13-21-18;/h3-9,11-13H,1-2H3;/q-1;. The molecule has 0 amide bonds. The number of hydrogen-bond donors (Lipinski definition) is 0. The van der Waals surface area contributed by atoms with E-state index in [0.717, 1.165) is 11.3 Å². The number of pyridine rings is 1. The topological polar surface area (TPSA) is 12.9 Å². The minimum atomic E-state index is -0.0173. The Bertz CT molecular complexity index is 822. The van der Waals surface area contributed by atoms with E-state index < -0.39 is 0 Å². The van der Waals surface area contributed by atoms with E-state index in [1.54, 1.807) is 0 Å². The largest absolute Gasteiger partial charge is 0.305 e.